The van der Waals surface area contributed by atoms with Crippen molar-refractivity contribution in [3.63, 3.8) is 0 Å². The molecule has 1 fully saturated rings. The topological polar surface area (TPSA) is 55.1 Å². The molecule has 2 rings (SSSR count). The van der Waals surface area contributed by atoms with Crippen molar-refractivity contribution in [1.29, 1.82) is 0 Å². The number of nitrogens with one attached hydrogen (secondary N) is 1. The zero-order chi connectivity index (χ0) is 16.1. The molecule has 0 heterocycles. The molecule has 3 nitrogen and oxygen atoms in total. The standard InChI is InChI=1S/C19H30N2O.ClH/c1-13(2)15-4-6-16(7-5-15)14(3)12-19(22)21-18-10-8-17(20)9-11-18;/h4-7,13-14,17-18H,8-12,20H2,1-3H3,(H,21,22);1H. The molecule has 1 atom stereocenters. The van der Waals surface area contributed by atoms with Gasteiger partial charge in [-0.25, -0.2) is 0 Å². The summed E-state index contributed by atoms with van der Waals surface area (Å²) >= 11 is 0. The molecule has 1 amide bonds. The minimum atomic E-state index is 0. The Bertz CT molecular complexity index is 479. The fraction of sp³-hybridized carbons (Fsp3) is 0.632. The Labute approximate surface area is 146 Å². The van der Waals surface area contributed by atoms with Crippen LogP contribution in [0.4, 0.5) is 0 Å². The molecule has 1 aliphatic carbocycles. The van der Waals surface area contributed by atoms with Crippen LogP contribution in [0.3, 0.4) is 0 Å². The van der Waals surface area contributed by atoms with Crippen LogP contribution in [0.1, 0.15) is 75.8 Å². The summed E-state index contributed by atoms with van der Waals surface area (Å²) in [5.41, 5.74) is 8.49. The van der Waals surface area contributed by atoms with Crippen LogP contribution in [-0.2, 0) is 4.79 Å². The molecule has 3 N–H and O–H groups in total. The summed E-state index contributed by atoms with van der Waals surface area (Å²) in [5, 5.41) is 3.18. The molecule has 130 valence electrons. The molecule has 0 aromatic heterocycles. The van der Waals surface area contributed by atoms with E-state index >= 15 is 0 Å². The molecule has 0 spiro atoms. The van der Waals surface area contributed by atoms with E-state index in [-0.39, 0.29) is 24.2 Å². The molecule has 1 aromatic rings. The second kappa shape index (κ2) is 9.29. The average molecular weight is 339 g/mol. The summed E-state index contributed by atoms with van der Waals surface area (Å²) in [6, 6.07) is 9.32. The van der Waals surface area contributed by atoms with Crippen LogP contribution < -0.4 is 11.1 Å². The first-order valence-corrected chi connectivity index (χ1v) is 8.60. The van der Waals surface area contributed by atoms with E-state index in [0.29, 0.717) is 24.4 Å². The molecule has 23 heavy (non-hydrogen) atoms. The smallest absolute Gasteiger partial charge is 0.220 e. The lowest BCUT2D eigenvalue weighted by molar-refractivity contribution is -0.122. The van der Waals surface area contributed by atoms with Crippen LogP contribution in [0.2, 0.25) is 0 Å². The quantitative estimate of drug-likeness (QED) is 0.848. The Kier molecular flexibility index (Phi) is 8.07. The van der Waals surface area contributed by atoms with Crippen LogP contribution in [0.5, 0.6) is 0 Å². The van der Waals surface area contributed by atoms with Crippen LogP contribution in [0.25, 0.3) is 0 Å². The van der Waals surface area contributed by atoms with E-state index < -0.39 is 0 Å². The van der Waals surface area contributed by atoms with Crippen molar-refractivity contribution in [3.8, 4) is 0 Å². The van der Waals surface area contributed by atoms with Crippen molar-refractivity contribution in [1.82, 2.24) is 5.32 Å². The zero-order valence-electron chi connectivity index (χ0n) is 14.5. The molecule has 1 unspecified atom stereocenters. The summed E-state index contributed by atoms with van der Waals surface area (Å²) in [6.45, 7) is 6.52. The van der Waals surface area contributed by atoms with E-state index in [0.717, 1.165) is 25.7 Å². The van der Waals surface area contributed by atoms with Gasteiger partial charge in [-0.05, 0) is 48.6 Å². The zero-order valence-corrected chi connectivity index (χ0v) is 15.4. The fourth-order valence-electron chi connectivity index (χ4n) is 3.16. The lowest BCUT2D eigenvalue weighted by Gasteiger charge is -2.27. The van der Waals surface area contributed by atoms with E-state index in [4.69, 9.17) is 5.73 Å². The van der Waals surface area contributed by atoms with Crippen LogP contribution >= 0.6 is 12.4 Å². The Morgan fingerprint density at radius 1 is 1.09 bits per heavy atom. The SMILES string of the molecule is CC(C)c1ccc(C(C)CC(=O)NC2CCC(N)CC2)cc1.Cl. The number of hydrogen-bond acceptors (Lipinski definition) is 2. The summed E-state index contributed by atoms with van der Waals surface area (Å²) in [7, 11) is 0. The van der Waals surface area contributed by atoms with Crippen LogP contribution in [0, 0.1) is 0 Å². The van der Waals surface area contributed by atoms with Gasteiger partial charge in [0.2, 0.25) is 5.91 Å². The number of amides is 1. The number of rotatable bonds is 5. The molecule has 1 aliphatic rings. The van der Waals surface area contributed by atoms with E-state index in [1.807, 2.05) is 0 Å². The molecule has 0 bridgehead atoms. The molecule has 4 heteroatoms. The van der Waals surface area contributed by atoms with E-state index in [1.165, 1.54) is 11.1 Å². The van der Waals surface area contributed by atoms with Crippen molar-refractivity contribution < 1.29 is 4.79 Å². The predicted molar refractivity (Wildman–Crippen MR) is 99.2 cm³/mol. The largest absolute Gasteiger partial charge is 0.353 e. The van der Waals surface area contributed by atoms with Gasteiger partial charge in [0.1, 0.15) is 0 Å². The number of carbonyl (C=O) groups excluding carboxylic acids is 1. The third kappa shape index (κ3) is 6.15. The van der Waals surface area contributed by atoms with Gasteiger partial charge in [-0.3, -0.25) is 4.79 Å². The first-order valence-electron chi connectivity index (χ1n) is 8.60. The molecule has 0 saturated heterocycles. The highest BCUT2D eigenvalue weighted by Gasteiger charge is 2.21. The number of hydrogen-bond donors (Lipinski definition) is 2. The van der Waals surface area contributed by atoms with Gasteiger partial charge in [0, 0.05) is 18.5 Å². The molecular weight excluding hydrogens is 308 g/mol. The lowest BCUT2D eigenvalue weighted by atomic mass is 9.91. The highest BCUT2D eigenvalue weighted by Crippen LogP contribution is 2.23. The van der Waals surface area contributed by atoms with Gasteiger partial charge in [-0.1, -0.05) is 45.0 Å². The Balaban J connectivity index is 0.00000264. The van der Waals surface area contributed by atoms with Gasteiger partial charge in [-0.15, -0.1) is 12.4 Å². The van der Waals surface area contributed by atoms with Gasteiger partial charge in [0.05, 0.1) is 0 Å². The summed E-state index contributed by atoms with van der Waals surface area (Å²) < 4.78 is 0. The number of benzene rings is 1. The van der Waals surface area contributed by atoms with Crippen molar-refractivity contribution >= 4 is 18.3 Å². The fourth-order valence-corrected chi connectivity index (χ4v) is 3.16. The van der Waals surface area contributed by atoms with Gasteiger partial charge in [-0.2, -0.15) is 0 Å². The van der Waals surface area contributed by atoms with Crippen molar-refractivity contribution in [2.75, 3.05) is 0 Å². The minimum absolute atomic E-state index is 0. The first-order chi connectivity index (χ1) is 10.5. The molecule has 0 radical (unpaired) electrons. The first kappa shape index (κ1) is 20.0. The number of nitrogens with two attached hydrogens (primary N) is 1. The number of halogens is 1. The van der Waals surface area contributed by atoms with E-state index in [9.17, 15) is 4.79 Å². The van der Waals surface area contributed by atoms with Gasteiger partial charge in [0.25, 0.3) is 0 Å². The van der Waals surface area contributed by atoms with Crippen molar-refractivity contribution in [3.05, 3.63) is 35.4 Å². The van der Waals surface area contributed by atoms with E-state index in [2.05, 4.69) is 50.4 Å². The second-order valence-corrected chi connectivity index (χ2v) is 7.11. The summed E-state index contributed by atoms with van der Waals surface area (Å²) in [5.74, 6) is 0.971. The second-order valence-electron chi connectivity index (χ2n) is 7.11. The Hall–Kier alpha value is -1.06. The normalized spacial score (nSPS) is 22.3. The third-order valence-corrected chi connectivity index (χ3v) is 4.80. The third-order valence-electron chi connectivity index (χ3n) is 4.80. The van der Waals surface area contributed by atoms with Gasteiger partial charge in [0.15, 0.2) is 0 Å². The minimum Gasteiger partial charge on any atom is -0.353 e. The predicted octanol–water partition coefficient (Wildman–Crippen LogP) is 4.11. The van der Waals surface area contributed by atoms with Crippen molar-refractivity contribution in [2.24, 2.45) is 5.73 Å². The van der Waals surface area contributed by atoms with E-state index in [1.54, 1.807) is 0 Å². The lowest BCUT2D eigenvalue weighted by Crippen LogP contribution is -2.40. The maximum atomic E-state index is 12.2. The molecular formula is C19H31ClN2O. The maximum Gasteiger partial charge on any atom is 0.220 e. The monoisotopic (exact) mass is 338 g/mol. The molecule has 1 aromatic carbocycles. The molecule has 1 saturated carbocycles. The van der Waals surface area contributed by atoms with Crippen molar-refractivity contribution in [2.45, 2.75) is 76.8 Å². The van der Waals surface area contributed by atoms with Gasteiger partial charge >= 0.3 is 0 Å². The summed E-state index contributed by atoms with van der Waals surface area (Å²) in [6.07, 6.45) is 4.65. The average Bonchev–Trinajstić information content (AvgIpc) is 2.49. The Morgan fingerprint density at radius 3 is 2.13 bits per heavy atom. The highest BCUT2D eigenvalue weighted by atomic mass is 35.5. The van der Waals surface area contributed by atoms with Crippen LogP contribution in [0.15, 0.2) is 24.3 Å². The van der Waals surface area contributed by atoms with Crippen LogP contribution in [-0.4, -0.2) is 18.0 Å². The number of carbonyl (C=O) groups is 1. The van der Waals surface area contributed by atoms with Gasteiger partial charge < -0.3 is 11.1 Å². The highest BCUT2D eigenvalue weighted by molar-refractivity contribution is 5.85. The maximum absolute atomic E-state index is 12.2. The Morgan fingerprint density at radius 2 is 1.61 bits per heavy atom. The molecule has 0 aliphatic heterocycles. The summed E-state index contributed by atoms with van der Waals surface area (Å²) in [4.78, 5) is 12.2.